The number of nitrogens with zero attached hydrogens (tertiary/aromatic N) is 1. The Bertz CT molecular complexity index is 248. The van der Waals surface area contributed by atoms with Crippen molar-refractivity contribution in [1.29, 1.82) is 0 Å². The molecule has 1 saturated carbocycles. The van der Waals surface area contributed by atoms with Gasteiger partial charge in [-0.2, -0.15) is 0 Å². The zero-order valence-corrected chi connectivity index (χ0v) is 10.8. The third kappa shape index (κ3) is 4.28. The van der Waals surface area contributed by atoms with Gasteiger partial charge in [0.2, 0.25) is 5.91 Å². The lowest BCUT2D eigenvalue weighted by molar-refractivity contribution is -0.131. The summed E-state index contributed by atoms with van der Waals surface area (Å²) in [7, 11) is 0. The van der Waals surface area contributed by atoms with Crippen LogP contribution in [0.15, 0.2) is 0 Å². The van der Waals surface area contributed by atoms with Crippen molar-refractivity contribution in [3.63, 3.8) is 0 Å². The first-order valence-electron chi connectivity index (χ1n) is 6.89. The van der Waals surface area contributed by atoms with Crippen LogP contribution in [0.3, 0.4) is 0 Å². The third-order valence-electron chi connectivity index (χ3n) is 3.59. The van der Waals surface area contributed by atoms with E-state index in [9.17, 15) is 4.79 Å². The lowest BCUT2D eigenvalue weighted by Gasteiger charge is -2.24. The van der Waals surface area contributed by atoms with Crippen molar-refractivity contribution in [2.45, 2.75) is 38.7 Å². The molecule has 1 saturated heterocycles. The molecular weight excluding hydrogens is 216 g/mol. The molecule has 0 aromatic rings. The summed E-state index contributed by atoms with van der Waals surface area (Å²) in [4.78, 5) is 13.9. The molecule has 4 heteroatoms. The summed E-state index contributed by atoms with van der Waals surface area (Å²) in [6.07, 6.45) is 5.15. The highest BCUT2D eigenvalue weighted by Gasteiger charge is 2.23. The van der Waals surface area contributed by atoms with Gasteiger partial charge in [-0.25, -0.2) is 0 Å². The van der Waals surface area contributed by atoms with Crippen LogP contribution in [0.1, 0.15) is 32.6 Å². The second-order valence-corrected chi connectivity index (χ2v) is 5.14. The molecule has 4 nitrogen and oxygen atoms in total. The number of hydrogen-bond donors (Lipinski definition) is 1. The number of likely N-dealkylation sites (N-methyl/N-ethyl adjacent to an activating group) is 1. The summed E-state index contributed by atoms with van der Waals surface area (Å²) in [5.41, 5.74) is 0. The van der Waals surface area contributed by atoms with E-state index in [4.69, 9.17) is 4.74 Å². The quantitative estimate of drug-likeness (QED) is 0.722. The van der Waals surface area contributed by atoms with Crippen molar-refractivity contribution in [2.24, 2.45) is 5.92 Å². The van der Waals surface area contributed by atoms with Crippen LogP contribution in [-0.2, 0) is 9.53 Å². The Morgan fingerprint density at radius 1 is 1.41 bits per heavy atom. The second-order valence-electron chi connectivity index (χ2n) is 5.14. The minimum Gasteiger partial charge on any atom is -0.376 e. The molecule has 0 spiro atoms. The van der Waals surface area contributed by atoms with E-state index in [1.165, 1.54) is 12.8 Å². The van der Waals surface area contributed by atoms with Crippen LogP contribution in [0.5, 0.6) is 0 Å². The highest BCUT2D eigenvalue weighted by molar-refractivity contribution is 5.78. The van der Waals surface area contributed by atoms with Gasteiger partial charge in [0.25, 0.3) is 0 Å². The number of nitrogens with one attached hydrogen (secondary N) is 1. The third-order valence-corrected chi connectivity index (χ3v) is 3.59. The molecule has 2 aliphatic rings. The van der Waals surface area contributed by atoms with Gasteiger partial charge in [0.1, 0.15) is 0 Å². The molecule has 1 N–H and O–H groups in total. The average Bonchev–Trinajstić information content (AvgIpc) is 3.01. The van der Waals surface area contributed by atoms with Crippen molar-refractivity contribution < 1.29 is 9.53 Å². The summed E-state index contributed by atoms with van der Waals surface area (Å²) < 4.78 is 5.57. The number of carbonyl (C=O) groups is 1. The lowest BCUT2D eigenvalue weighted by Crippen LogP contribution is -2.42. The molecule has 98 valence electrons. The highest BCUT2D eigenvalue weighted by atomic mass is 16.5. The van der Waals surface area contributed by atoms with Crippen LogP contribution < -0.4 is 5.32 Å². The topological polar surface area (TPSA) is 41.6 Å². The molecule has 0 bridgehead atoms. The van der Waals surface area contributed by atoms with Gasteiger partial charge in [-0.15, -0.1) is 0 Å². The number of amides is 1. The highest BCUT2D eigenvalue weighted by Crippen LogP contribution is 2.27. The fraction of sp³-hybridized carbons (Fsp3) is 0.923. The summed E-state index contributed by atoms with van der Waals surface area (Å²) >= 11 is 0. The SMILES string of the molecule is CCN(CC1CCCO1)C(=O)CNCC1CC1. The molecule has 1 heterocycles. The molecule has 0 aromatic carbocycles. The predicted octanol–water partition coefficient (Wildman–Crippen LogP) is 1.01. The fourth-order valence-electron chi connectivity index (χ4n) is 2.26. The molecule has 2 fully saturated rings. The zero-order valence-electron chi connectivity index (χ0n) is 10.8. The smallest absolute Gasteiger partial charge is 0.236 e. The van der Waals surface area contributed by atoms with Gasteiger partial charge in [0.05, 0.1) is 12.6 Å². The van der Waals surface area contributed by atoms with Crippen LogP contribution in [0.25, 0.3) is 0 Å². The predicted molar refractivity (Wildman–Crippen MR) is 66.8 cm³/mol. The number of hydrogen-bond acceptors (Lipinski definition) is 3. The summed E-state index contributed by atoms with van der Waals surface area (Å²) in [5.74, 6) is 1.04. The Morgan fingerprint density at radius 2 is 2.24 bits per heavy atom. The Hall–Kier alpha value is -0.610. The van der Waals surface area contributed by atoms with Crippen molar-refractivity contribution in [1.82, 2.24) is 10.2 Å². The van der Waals surface area contributed by atoms with Crippen LogP contribution >= 0.6 is 0 Å². The maximum atomic E-state index is 12.0. The van der Waals surface area contributed by atoms with Crippen molar-refractivity contribution >= 4 is 5.91 Å². The second kappa shape index (κ2) is 6.36. The summed E-state index contributed by atoms with van der Waals surface area (Å²) in [5, 5.41) is 3.25. The first-order chi connectivity index (χ1) is 8.29. The van der Waals surface area contributed by atoms with E-state index >= 15 is 0 Å². The van der Waals surface area contributed by atoms with E-state index in [1.807, 2.05) is 11.8 Å². The van der Waals surface area contributed by atoms with E-state index in [2.05, 4.69) is 5.32 Å². The maximum absolute atomic E-state index is 12.0. The number of carbonyl (C=O) groups excluding carboxylic acids is 1. The van der Waals surface area contributed by atoms with Crippen molar-refractivity contribution in [3.8, 4) is 0 Å². The van der Waals surface area contributed by atoms with Crippen molar-refractivity contribution in [2.75, 3.05) is 32.8 Å². The van der Waals surface area contributed by atoms with Gasteiger partial charge in [0, 0.05) is 19.7 Å². The molecule has 1 amide bonds. The molecule has 0 radical (unpaired) electrons. The van der Waals surface area contributed by atoms with Crippen LogP contribution in [0, 0.1) is 5.92 Å². The van der Waals surface area contributed by atoms with E-state index in [0.717, 1.165) is 45.0 Å². The standard InChI is InChI=1S/C13H24N2O2/c1-2-15(10-12-4-3-7-17-12)13(16)9-14-8-11-5-6-11/h11-12,14H,2-10H2,1H3. The van der Waals surface area contributed by atoms with Crippen LogP contribution in [-0.4, -0.2) is 49.7 Å². The number of rotatable bonds is 7. The van der Waals surface area contributed by atoms with Crippen LogP contribution in [0.4, 0.5) is 0 Å². The minimum absolute atomic E-state index is 0.212. The van der Waals surface area contributed by atoms with E-state index in [0.29, 0.717) is 6.54 Å². The van der Waals surface area contributed by atoms with Crippen LogP contribution in [0.2, 0.25) is 0 Å². The van der Waals surface area contributed by atoms with Gasteiger partial charge in [-0.05, 0) is 45.1 Å². The molecule has 0 aromatic heterocycles. The Kier molecular flexibility index (Phi) is 4.80. The van der Waals surface area contributed by atoms with Gasteiger partial charge in [-0.1, -0.05) is 0 Å². The van der Waals surface area contributed by atoms with Gasteiger partial charge < -0.3 is 15.0 Å². The molecule has 1 unspecified atom stereocenters. The van der Waals surface area contributed by atoms with E-state index < -0.39 is 0 Å². The molecule has 1 atom stereocenters. The minimum atomic E-state index is 0.212. The largest absolute Gasteiger partial charge is 0.376 e. The lowest BCUT2D eigenvalue weighted by atomic mass is 10.2. The van der Waals surface area contributed by atoms with Gasteiger partial charge >= 0.3 is 0 Å². The first-order valence-corrected chi connectivity index (χ1v) is 6.89. The maximum Gasteiger partial charge on any atom is 0.236 e. The molecular formula is C13H24N2O2. The fourth-order valence-corrected chi connectivity index (χ4v) is 2.26. The Labute approximate surface area is 104 Å². The molecule has 1 aliphatic carbocycles. The van der Waals surface area contributed by atoms with E-state index in [-0.39, 0.29) is 12.0 Å². The summed E-state index contributed by atoms with van der Waals surface area (Å²) in [6.45, 7) is 5.93. The Balaban J connectivity index is 1.65. The van der Waals surface area contributed by atoms with Gasteiger partial charge in [-0.3, -0.25) is 4.79 Å². The van der Waals surface area contributed by atoms with Gasteiger partial charge in [0.15, 0.2) is 0 Å². The average molecular weight is 240 g/mol. The monoisotopic (exact) mass is 240 g/mol. The normalized spacial score (nSPS) is 23.9. The molecule has 17 heavy (non-hydrogen) atoms. The summed E-state index contributed by atoms with van der Waals surface area (Å²) in [6, 6.07) is 0. The number of ether oxygens (including phenoxy) is 1. The molecule has 1 aliphatic heterocycles. The first kappa shape index (κ1) is 12.8. The zero-order chi connectivity index (χ0) is 12.1. The molecule has 2 rings (SSSR count). The Morgan fingerprint density at radius 3 is 2.82 bits per heavy atom. The van der Waals surface area contributed by atoms with E-state index in [1.54, 1.807) is 0 Å². The van der Waals surface area contributed by atoms with Crippen molar-refractivity contribution in [3.05, 3.63) is 0 Å².